The van der Waals surface area contributed by atoms with Crippen LogP contribution in [-0.4, -0.2) is 15.7 Å². The molecule has 100 valence electrons. The Morgan fingerprint density at radius 2 is 2.32 bits per heavy atom. The molecule has 3 N–H and O–H groups in total. The first-order valence-corrected chi connectivity index (χ1v) is 7.03. The van der Waals surface area contributed by atoms with E-state index in [-0.39, 0.29) is 5.91 Å². The summed E-state index contributed by atoms with van der Waals surface area (Å²) in [5.41, 5.74) is 6.75. The topological polar surface area (TPSA) is 72.9 Å². The van der Waals surface area contributed by atoms with Crippen molar-refractivity contribution in [2.75, 3.05) is 11.1 Å². The number of benzene rings is 1. The van der Waals surface area contributed by atoms with E-state index < -0.39 is 0 Å². The number of hydrogen-bond acceptors (Lipinski definition) is 3. The Hall–Kier alpha value is -1.28. The van der Waals surface area contributed by atoms with Crippen molar-refractivity contribution in [3.63, 3.8) is 0 Å². The third-order valence-corrected chi connectivity index (χ3v) is 3.35. The number of hydrogen-bond donors (Lipinski definition) is 2. The van der Waals surface area contributed by atoms with Crippen LogP contribution >= 0.6 is 34.2 Å². The highest BCUT2D eigenvalue weighted by molar-refractivity contribution is 14.1. The molecule has 0 radical (unpaired) electrons. The maximum Gasteiger partial charge on any atom is 0.226 e. The monoisotopic (exact) mass is 390 g/mol. The van der Waals surface area contributed by atoms with Gasteiger partial charge < -0.3 is 11.1 Å². The van der Waals surface area contributed by atoms with E-state index in [1.807, 2.05) is 6.20 Å². The van der Waals surface area contributed by atoms with Crippen LogP contribution in [0.3, 0.4) is 0 Å². The second kappa shape index (κ2) is 6.25. The average Bonchev–Trinajstić information content (AvgIpc) is 2.77. The first-order chi connectivity index (χ1) is 9.04. The van der Waals surface area contributed by atoms with Crippen molar-refractivity contribution in [3.8, 4) is 0 Å². The summed E-state index contributed by atoms with van der Waals surface area (Å²) < 4.78 is 2.78. The smallest absolute Gasteiger partial charge is 0.226 e. The fourth-order valence-electron chi connectivity index (χ4n) is 1.52. The third-order valence-electron chi connectivity index (χ3n) is 2.45. The van der Waals surface area contributed by atoms with E-state index in [2.05, 4.69) is 33.0 Å². The van der Waals surface area contributed by atoms with Gasteiger partial charge >= 0.3 is 0 Å². The zero-order chi connectivity index (χ0) is 13.8. The minimum Gasteiger partial charge on any atom is -0.397 e. The number of aromatic nitrogens is 2. The van der Waals surface area contributed by atoms with E-state index in [1.54, 1.807) is 29.1 Å². The molecule has 2 aromatic rings. The third kappa shape index (κ3) is 4.10. The molecule has 0 unspecified atom stereocenters. The Kier molecular flexibility index (Phi) is 4.65. The molecule has 0 saturated carbocycles. The molecule has 0 saturated heterocycles. The van der Waals surface area contributed by atoms with Crippen LogP contribution in [0.4, 0.5) is 11.4 Å². The van der Waals surface area contributed by atoms with Crippen molar-refractivity contribution in [2.45, 2.75) is 13.0 Å². The molecule has 1 aromatic heterocycles. The zero-order valence-corrected chi connectivity index (χ0v) is 12.9. The van der Waals surface area contributed by atoms with E-state index in [0.29, 0.717) is 29.4 Å². The fraction of sp³-hybridized carbons (Fsp3) is 0.167. The zero-order valence-electron chi connectivity index (χ0n) is 9.94. The molecule has 1 heterocycles. The molecule has 2 rings (SSSR count). The second-order valence-corrected chi connectivity index (χ2v) is 5.61. The van der Waals surface area contributed by atoms with Crippen LogP contribution in [0.25, 0.3) is 0 Å². The van der Waals surface area contributed by atoms with Crippen LogP contribution in [0, 0.1) is 3.57 Å². The number of nitrogens with two attached hydrogens (primary N) is 1. The number of halogens is 2. The van der Waals surface area contributed by atoms with Gasteiger partial charge in [0.05, 0.1) is 20.5 Å². The van der Waals surface area contributed by atoms with Gasteiger partial charge in [-0.15, -0.1) is 0 Å². The van der Waals surface area contributed by atoms with Gasteiger partial charge in [-0.1, -0.05) is 11.6 Å². The number of anilines is 2. The summed E-state index contributed by atoms with van der Waals surface area (Å²) in [4.78, 5) is 11.8. The van der Waals surface area contributed by atoms with Gasteiger partial charge in [-0.05, 0) is 40.8 Å². The molecular formula is C12H12ClIN4O. The van der Waals surface area contributed by atoms with Gasteiger partial charge in [0.2, 0.25) is 5.91 Å². The molecule has 1 aromatic carbocycles. The van der Waals surface area contributed by atoms with Crippen molar-refractivity contribution in [1.82, 2.24) is 9.78 Å². The summed E-state index contributed by atoms with van der Waals surface area (Å²) >= 11 is 7.98. The van der Waals surface area contributed by atoms with Gasteiger partial charge in [0.1, 0.15) is 0 Å². The molecular weight excluding hydrogens is 379 g/mol. The number of amides is 1. The Bertz CT molecular complexity index is 599. The first-order valence-electron chi connectivity index (χ1n) is 5.57. The molecule has 0 aliphatic heterocycles. The highest BCUT2D eigenvalue weighted by Gasteiger charge is 2.05. The van der Waals surface area contributed by atoms with Gasteiger partial charge in [0.15, 0.2) is 0 Å². The lowest BCUT2D eigenvalue weighted by atomic mass is 10.2. The second-order valence-electron chi connectivity index (χ2n) is 3.96. The highest BCUT2D eigenvalue weighted by atomic mass is 127. The number of carbonyl (C=O) groups excluding carboxylic acids is 1. The van der Waals surface area contributed by atoms with Gasteiger partial charge in [-0.2, -0.15) is 5.10 Å². The number of aryl methyl sites for hydroxylation is 1. The average molecular weight is 391 g/mol. The Labute approximate surface area is 129 Å². The summed E-state index contributed by atoms with van der Waals surface area (Å²) in [5.74, 6) is -0.0905. The van der Waals surface area contributed by atoms with Crippen molar-refractivity contribution < 1.29 is 4.79 Å². The number of carbonyl (C=O) groups is 1. The van der Waals surface area contributed by atoms with Crippen LogP contribution in [0.5, 0.6) is 0 Å². The normalized spacial score (nSPS) is 10.4. The molecule has 5 nitrogen and oxygen atoms in total. The Morgan fingerprint density at radius 3 is 2.95 bits per heavy atom. The van der Waals surface area contributed by atoms with Crippen LogP contribution in [0.15, 0.2) is 30.6 Å². The molecule has 19 heavy (non-hydrogen) atoms. The van der Waals surface area contributed by atoms with Gasteiger partial charge in [0, 0.05) is 24.8 Å². The van der Waals surface area contributed by atoms with Gasteiger partial charge in [-0.3, -0.25) is 9.48 Å². The molecule has 0 bridgehead atoms. The quantitative estimate of drug-likeness (QED) is 0.623. The van der Waals surface area contributed by atoms with Crippen molar-refractivity contribution >= 4 is 51.5 Å². The Balaban J connectivity index is 1.88. The summed E-state index contributed by atoms with van der Waals surface area (Å²) in [6.45, 7) is 0.540. The lowest BCUT2D eigenvalue weighted by Gasteiger charge is -2.07. The molecule has 0 spiro atoms. The lowest BCUT2D eigenvalue weighted by molar-refractivity contribution is -0.116. The van der Waals surface area contributed by atoms with Crippen LogP contribution in [-0.2, 0) is 11.3 Å². The van der Waals surface area contributed by atoms with Crippen molar-refractivity contribution in [2.24, 2.45) is 0 Å². The SMILES string of the molecule is Nc1cc(NC(=O)CCn2cc(I)cn2)ccc1Cl. The van der Waals surface area contributed by atoms with E-state index >= 15 is 0 Å². The van der Waals surface area contributed by atoms with Crippen molar-refractivity contribution in [1.29, 1.82) is 0 Å². The van der Waals surface area contributed by atoms with E-state index in [9.17, 15) is 4.79 Å². The van der Waals surface area contributed by atoms with Gasteiger partial charge in [-0.25, -0.2) is 0 Å². The number of rotatable bonds is 4. The lowest BCUT2D eigenvalue weighted by Crippen LogP contribution is -2.14. The highest BCUT2D eigenvalue weighted by Crippen LogP contribution is 2.22. The van der Waals surface area contributed by atoms with Crippen LogP contribution < -0.4 is 11.1 Å². The van der Waals surface area contributed by atoms with Gasteiger partial charge in [0.25, 0.3) is 0 Å². The minimum atomic E-state index is -0.0905. The fourth-order valence-corrected chi connectivity index (χ4v) is 2.09. The predicted molar refractivity (Wildman–Crippen MR) is 84.1 cm³/mol. The van der Waals surface area contributed by atoms with Crippen molar-refractivity contribution in [3.05, 3.63) is 39.2 Å². The molecule has 0 aliphatic rings. The largest absolute Gasteiger partial charge is 0.397 e. The standard InChI is InChI=1S/C12H12ClIN4O/c13-10-2-1-9(5-11(10)15)17-12(19)3-4-18-7-8(14)6-16-18/h1-2,5-7H,3-4,15H2,(H,17,19). The number of nitrogens with zero attached hydrogens (tertiary/aromatic N) is 2. The summed E-state index contributed by atoms with van der Waals surface area (Å²) in [7, 11) is 0. The maximum atomic E-state index is 11.8. The maximum absolute atomic E-state index is 11.8. The molecule has 7 heteroatoms. The van der Waals surface area contributed by atoms with E-state index in [0.717, 1.165) is 3.57 Å². The van der Waals surface area contributed by atoms with Crippen LogP contribution in [0.1, 0.15) is 6.42 Å². The first kappa shape index (κ1) is 14.1. The molecule has 0 aliphatic carbocycles. The predicted octanol–water partition coefficient (Wildman–Crippen LogP) is 2.75. The van der Waals surface area contributed by atoms with E-state index in [1.165, 1.54) is 0 Å². The summed E-state index contributed by atoms with van der Waals surface area (Å²) in [6.07, 6.45) is 3.98. The number of nitrogens with one attached hydrogen (secondary N) is 1. The minimum absolute atomic E-state index is 0.0905. The molecule has 0 fully saturated rings. The van der Waals surface area contributed by atoms with E-state index in [4.69, 9.17) is 17.3 Å². The van der Waals surface area contributed by atoms with Crippen LogP contribution in [0.2, 0.25) is 5.02 Å². The molecule has 1 amide bonds. The Morgan fingerprint density at radius 1 is 1.53 bits per heavy atom. The molecule has 0 atom stereocenters. The number of nitrogen functional groups attached to an aromatic ring is 1. The summed E-state index contributed by atoms with van der Waals surface area (Å²) in [5, 5.41) is 7.35. The summed E-state index contributed by atoms with van der Waals surface area (Å²) in [6, 6.07) is 5.01.